The number of benzene rings is 1. The molecule has 0 aliphatic heterocycles. The number of esters is 1. The number of nitrogens with one attached hydrogen (secondary N) is 1. The van der Waals surface area contributed by atoms with Crippen LogP contribution < -0.4 is 10.1 Å². The van der Waals surface area contributed by atoms with Crippen molar-refractivity contribution in [3.63, 3.8) is 0 Å². The molecule has 29 heavy (non-hydrogen) atoms. The smallest absolute Gasteiger partial charge is 0.417 e. The van der Waals surface area contributed by atoms with Crippen LogP contribution in [0.1, 0.15) is 15.9 Å². The van der Waals surface area contributed by atoms with Crippen LogP contribution in [-0.2, 0) is 15.7 Å². The van der Waals surface area contributed by atoms with Gasteiger partial charge in [-0.2, -0.15) is 13.2 Å². The zero-order valence-electron chi connectivity index (χ0n) is 14.4. The predicted molar refractivity (Wildman–Crippen MR) is 92.8 cm³/mol. The summed E-state index contributed by atoms with van der Waals surface area (Å²) in [5.74, 6) is -2.42. The second-order valence-corrected chi connectivity index (χ2v) is 5.73. The number of carbonyl (C=O) groups is 2. The van der Waals surface area contributed by atoms with Crippen molar-refractivity contribution in [1.29, 1.82) is 0 Å². The van der Waals surface area contributed by atoms with Gasteiger partial charge in [-0.05, 0) is 18.2 Å². The molecule has 0 unspecified atom stereocenters. The van der Waals surface area contributed by atoms with Crippen LogP contribution in [0.25, 0.3) is 0 Å². The van der Waals surface area contributed by atoms with E-state index in [0.717, 1.165) is 6.07 Å². The summed E-state index contributed by atoms with van der Waals surface area (Å²) in [5, 5.41) is 12.6. The number of hydrogen-bond acceptors (Lipinski definition) is 7. The molecule has 1 aromatic heterocycles. The number of nitro groups is 1. The van der Waals surface area contributed by atoms with Crippen LogP contribution in [0.3, 0.4) is 0 Å². The van der Waals surface area contributed by atoms with Gasteiger partial charge in [0.25, 0.3) is 5.91 Å². The number of ether oxygens (including phenoxy) is 2. The number of hydrogen-bond donors (Lipinski definition) is 1. The van der Waals surface area contributed by atoms with Crippen molar-refractivity contribution < 1.29 is 37.2 Å². The van der Waals surface area contributed by atoms with Crippen molar-refractivity contribution >= 4 is 35.0 Å². The van der Waals surface area contributed by atoms with Crippen molar-refractivity contribution in [2.75, 3.05) is 19.0 Å². The number of rotatable bonds is 6. The van der Waals surface area contributed by atoms with Gasteiger partial charge >= 0.3 is 17.8 Å². The zero-order chi connectivity index (χ0) is 21.8. The Hall–Kier alpha value is -3.41. The number of anilines is 1. The number of amides is 1. The fourth-order valence-electron chi connectivity index (χ4n) is 2.03. The second-order valence-electron chi connectivity index (χ2n) is 5.32. The number of methoxy groups -OCH3 is 1. The molecule has 1 aromatic carbocycles. The molecule has 1 N–H and O–H groups in total. The monoisotopic (exact) mass is 433 g/mol. The molecule has 0 aliphatic rings. The highest BCUT2D eigenvalue weighted by atomic mass is 35.5. The number of nitrogens with zero attached hydrogens (tertiary/aromatic N) is 2. The lowest BCUT2D eigenvalue weighted by atomic mass is 10.2. The topological polar surface area (TPSA) is 121 Å². The molecule has 1 heterocycles. The maximum Gasteiger partial charge on any atom is 0.417 e. The van der Waals surface area contributed by atoms with Crippen molar-refractivity contribution in [3.05, 3.63) is 56.7 Å². The Morgan fingerprint density at radius 1 is 1.31 bits per heavy atom. The molecule has 13 heteroatoms. The minimum absolute atomic E-state index is 0.0766. The Kier molecular flexibility index (Phi) is 6.59. The largest absolute Gasteiger partial charge is 0.490 e. The Morgan fingerprint density at radius 3 is 2.55 bits per heavy atom. The first-order valence-electron chi connectivity index (χ1n) is 7.55. The lowest BCUT2D eigenvalue weighted by molar-refractivity contribution is -0.385. The summed E-state index contributed by atoms with van der Waals surface area (Å²) in [6, 6.07) is 3.86. The quantitative estimate of drug-likeness (QED) is 0.420. The average molecular weight is 434 g/mol. The highest BCUT2D eigenvalue weighted by molar-refractivity contribution is 6.33. The minimum atomic E-state index is -4.66. The van der Waals surface area contributed by atoms with Crippen LogP contribution in [0.2, 0.25) is 5.02 Å². The molecule has 0 aliphatic carbocycles. The van der Waals surface area contributed by atoms with Gasteiger partial charge in [0.2, 0.25) is 0 Å². The van der Waals surface area contributed by atoms with E-state index in [9.17, 15) is 32.9 Å². The fraction of sp³-hybridized carbons (Fsp3) is 0.188. The van der Waals surface area contributed by atoms with E-state index in [1.807, 2.05) is 0 Å². The predicted octanol–water partition coefficient (Wildman–Crippen LogP) is 3.47. The Bertz CT molecular complexity index is 967. The molecule has 2 aromatic rings. The third-order valence-electron chi connectivity index (χ3n) is 3.37. The second kappa shape index (κ2) is 8.73. The van der Waals surface area contributed by atoms with E-state index in [2.05, 4.69) is 10.3 Å². The molecule has 0 saturated carbocycles. The molecule has 0 atom stereocenters. The maximum atomic E-state index is 12.6. The van der Waals surface area contributed by atoms with Crippen LogP contribution >= 0.6 is 11.6 Å². The average Bonchev–Trinajstić information content (AvgIpc) is 2.66. The van der Waals surface area contributed by atoms with Crippen LogP contribution in [0.15, 0.2) is 30.5 Å². The van der Waals surface area contributed by atoms with Gasteiger partial charge < -0.3 is 14.8 Å². The van der Waals surface area contributed by atoms with E-state index in [0.29, 0.717) is 12.3 Å². The summed E-state index contributed by atoms with van der Waals surface area (Å²) < 4.78 is 47.2. The van der Waals surface area contributed by atoms with Crippen molar-refractivity contribution in [1.82, 2.24) is 4.98 Å². The third-order valence-corrected chi connectivity index (χ3v) is 3.66. The minimum Gasteiger partial charge on any atom is -0.490 e. The number of halogens is 4. The third kappa shape index (κ3) is 5.54. The summed E-state index contributed by atoms with van der Waals surface area (Å²) in [5.41, 5.74) is -1.80. The van der Waals surface area contributed by atoms with E-state index in [4.69, 9.17) is 21.1 Å². The lowest BCUT2D eigenvalue weighted by Gasteiger charge is -2.10. The Labute approximate surface area is 165 Å². The van der Waals surface area contributed by atoms with Crippen molar-refractivity contribution in [2.45, 2.75) is 6.18 Å². The summed E-state index contributed by atoms with van der Waals surface area (Å²) in [4.78, 5) is 37.4. The first kappa shape index (κ1) is 21.9. The molecule has 154 valence electrons. The van der Waals surface area contributed by atoms with E-state index < -0.39 is 45.9 Å². The molecule has 0 spiro atoms. The van der Waals surface area contributed by atoms with Gasteiger partial charge in [-0.25, -0.2) is 9.78 Å². The summed E-state index contributed by atoms with van der Waals surface area (Å²) >= 11 is 5.65. The van der Waals surface area contributed by atoms with Crippen molar-refractivity contribution in [2.24, 2.45) is 0 Å². The molecule has 1 amide bonds. The molecule has 2 rings (SSSR count). The Morgan fingerprint density at radius 2 is 2.00 bits per heavy atom. The van der Waals surface area contributed by atoms with Crippen molar-refractivity contribution in [3.8, 4) is 5.75 Å². The van der Waals surface area contributed by atoms with Crippen LogP contribution in [-0.4, -0.2) is 35.5 Å². The van der Waals surface area contributed by atoms with Gasteiger partial charge in [0.1, 0.15) is 0 Å². The SMILES string of the molecule is COc1ccc(C(=O)OCC(=O)Nc2ncc(C(F)(F)F)cc2Cl)cc1[N+](=O)[O-]. The van der Waals surface area contributed by atoms with Crippen LogP contribution in [0, 0.1) is 10.1 Å². The van der Waals surface area contributed by atoms with Gasteiger partial charge in [0.15, 0.2) is 18.2 Å². The Balaban J connectivity index is 2.02. The van der Waals surface area contributed by atoms with Gasteiger partial charge in [-0.3, -0.25) is 14.9 Å². The number of pyridine rings is 1. The molecular formula is C16H11ClF3N3O6. The van der Waals surface area contributed by atoms with Crippen LogP contribution in [0.5, 0.6) is 5.75 Å². The van der Waals surface area contributed by atoms with E-state index in [1.165, 1.54) is 19.2 Å². The summed E-state index contributed by atoms with van der Waals surface area (Å²) in [6.45, 7) is -0.836. The number of nitro benzene ring substituents is 1. The maximum absolute atomic E-state index is 12.6. The van der Waals surface area contributed by atoms with Gasteiger partial charge in [0, 0.05) is 12.3 Å². The van der Waals surface area contributed by atoms with E-state index in [1.54, 1.807) is 0 Å². The van der Waals surface area contributed by atoms with Gasteiger partial charge in [-0.1, -0.05) is 11.6 Å². The number of aromatic nitrogens is 1. The fourth-order valence-corrected chi connectivity index (χ4v) is 2.24. The zero-order valence-corrected chi connectivity index (χ0v) is 15.2. The lowest BCUT2D eigenvalue weighted by Crippen LogP contribution is -2.22. The highest BCUT2D eigenvalue weighted by Gasteiger charge is 2.31. The standard InChI is InChI=1S/C16H11ClF3N3O6/c1-28-12-3-2-8(4-11(12)23(26)27)15(25)29-7-13(24)22-14-10(17)5-9(6-21-14)16(18,19)20/h2-6H,7H2,1H3,(H,21,22,24). The first-order chi connectivity index (χ1) is 13.5. The molecule has 0 bridgehead atoms. The summed E-state index contributed by atoms with van der Waals surface area (Å²) in [6.07, 6.45) is -4.18. The number of alkyl halides is 3. The molecule has 0 saturated heterocycles. The normalized spacial score (nSPS) is 10.9. The van der Waals surface area contributed by atoms with Gasteiger partial charge in [0.05, 0.1) is 28.2 Å². The number of carbonyl (C=O) groups excluding carboxylic acids is 2. The molecule has 0 fully saturated rings. The molecule has 9 nitrogen and oxygen atoms in total. The molecular weight excluding hydrogens is 423 g/mol. The van der Waals surface area contributed by atoms with E-state index >= 15 is 0 Å². The summed E-state index contributed by atoms with van der Waals surface area (Å²) in [7, 11) is 1.21. The van der Waals surface area contributed by atoms with Gasteiger partial charge in [-0.15, -0.1) is 0 Å². The van der Waals surface area contributed by atoms with E-state index in [-0.39, 0.29) is 17.1 Å². The molecule has 0 radical (unpaired) electrons. The van der Waals surface area contributed by atoms with Crippen LogP contribution in [0.4, 0.5) is 24.7 Å². The first-order valence-corrected chi connectivity index (χ1v) is 7.93. The highest BCUT2D eigenvalue weighted by Crippen LogP contribution is 2.32.